The van der Waals surface area contributed by atoms with Gasteiger partial charge in [0.2, 0.25) is 10.0 Å². The Kier molecular flexibility index (Phi) is 5.61. The lowest BCUT2D eigenvalue weighted by atomic mass is 10.1. The number of benzene rings is 1. The second-order valence-corrected chi connectivity index (χ2v) is 8.23. The first-order valence-electron chi connectivity index (χ1n) is 6.57. The zero-order valence-corrected chi connectivity index (χ0v) is 14.2. The topological polar surface area (TPSA) is 58.2 Å². The molecule has 0 unspecified atom stereocenters. The minimum atomic E-state index is -3.53. The van der Waals surface area contributed by atoms with Crippen molar-refractivity contribution in [3.8, 4) is 0 Å². The molecule has 0 aliphatic heterocycles. The fourth-order valence-electron chi connectivity index (χ4n) is 1.63. The number of sulfonamides is 1. The molecule has 1 aromatic carbocycles. The summed E-state index contributed by atoms with van der Waals surface area (Å²) in [6, 6.07) is 5.07. The molecule has 2 N–H and O–H groups in total. The van der Waals surface area contributed by atoms with Gasteiger partial charge in [0.15, 0.2) is 0 Å². The Balaban J connectivity index is 3.05. The number of hydrogen-bond acceptors (Lipinski definition) is 3. The van der Waals surface area contributed by atoms with Crippen molar-refractivity contribution in [1.82, 2.24) is 10.0 Å². The quantitative estimate of drug-likeness (QED) is 0.877. The van der Waals surface area contributed by atoms with Crippen LogP contribution in [0.5, 0.6) is 0 Å². The van der Waals surface area contributed by atoms with Crippen molar-refractivity contribution in [2.75, 3.05) is 0 Å². The normalized spacial score (nSPS) is 12.9. The van der Waals surface area contributed by atoms with E-state index in [1.807, 2.05) is 34.6 Å². The predicted molar refractivity (Wildman–Crippen MR) is 83.5 cm³/mol. The summed E-state index contributed by atoms with van der Waals surface area (Å²) in [5, 5.41) is 3.79. The first-order chi connectivity index (χ1) is 9.01. The maximum Gasteiger partial charge on any atom is 0.241 e. The van der Waals surface area contributed by atoms with E-state index in [1.165, 1.54) is 6.07 Å². The van der Waals surface area contributed by atoms with Gasteiger partial charge in [-0.1, -0.05) is 25.4 Å². The van der Waals surface area contributed by atoms with Crippen molar-refractivity contribution < 1.29 is 8.42 Å². The summed E-state index contributed by atoms with van der Waals surface area (Å²) in [5.74, 6) is 0. The van der Waals surface area contributed by atoms with Crippen LogP contribution in [0.4, 0.5) is 0 Å². The van der Waals surface area contributed by atoms with Crippen molar-refractivity contribution in [3.63, 3.8) is 0 Å². The molecule has 6 heteroatoms. The molecule has 0 atom stereocenters. The van der Waals surface area contributed by atoms with Gasteiger partial charge in [-0.05, 0) is 44.5 Å². The molecule has 0 heterocycles. The number of halogens is 1. The van der Waals surface area contributed by atoms with Crippen LogP contribution in [0, 0.1) is 0 Å². The van der Waals surface area contributed by atoms with E-state index in [9.17, 15) is 8.42 Å². The third-order valence-corrected chi connectivity index (χ3v) is 4.59. The molecule has 0 radical (unpaired) electrons. The highest BCUT2D eigenvalue weighted by atomic mass is 35.5. The molecule has 0 saturated carbocycles. The maximum atomic E-state index is 12.3. The van der Waals surface area contributed by atoms with Crippen molar-refractivity contribution in [2.24, 2.45) is 0 Å². The fraction of sp³-hybridized carbons (Fsp3) is 0.571. The van der Waals surface area contributed by atoms with Crippen LogP contribution < -0.4 is 10.0 Å². The molecule has 0 aromatic heterocycles. The lowest BCUT2D eigenvalue weighted by Gasteiger charge is -2.21. The van der Waals surface area contributed by atoms with E-state index in [4.69, 9.17) is 11.6 Å². The first kappa shape index (κ1) is 17.4. The summed E-state index contributed by atoms with van der Waals surface area (Å²) in [4.78, 5) is 0.234. The van der Waals surface area contributed by atoms with Gasteiger partial charge in [0.1, 0.15) is 0 Å². The third-order valence-electron chi connectivity index (χ3n) is 2.47. The summed E-state index contributed by atoms with van der Waals surface area (Å²) < 4.78 is 27.2. The molecule has 114 valence electrons. The Labute approximate surface area is 127 Å². The minimum absolute atomic E-state index is 0.234. The summed E-state index contributed by atoms with van der Waals surface area (Å²) in [5.41, 5.74) is 0.256. The van der Waals surface area contributed by atoms with Gasteiger partial charge in [-0.3, -0.25) is 0 Å². The summed E-state index contributed by atoms with van der Waals surface area (Å²) in [7, 11) is -3.53. The number of hydrogen-bond donors (Lipinski definition) is 2. The molecule has 0 aliphatic rings. The Hall–Kier alpha value is -0.620. The van der Waals surface area contributed by atoms with Crippen LogP contribution >= 0.6 is 11.6 Å². The summed E-state index contributed by atoms with van der Waals surface area (Å²) >= 11 is 6.11. The first-order valence-corrected chi connectivity index (χ1v) is 8.43. The van der Waals surface area contributed by atoms with Gasteiger partial charge in [-0.15, -0.1) is 0 Å². The third kappa shape index (κ3) is 5.40. The van der Waals surface area contributed by atoms with E-state index in [0.717, 1.165) is 5.56 Å². The average molecular weight is 319 g/mol. The zero-order valence-electron chi connectivity index (χ0n) is 12.6. The smallest absolute Gasteiger partial charge is 0.241 e. The van der Waals surface area contributed by atoms with Crippen LogP contribution in [0.25, 0.3) is 0 Å². The monoisotopic (exact) mass is 318 g/mol. The van der Waals surface area contributed by atoms with E-state index in [-0.39, 0.29) is 4.90 Å². The van der Waals surface area contributed by atoms with E-state index in [2.05, 4.69) is 10.0 Å². The predicted octanol–water partition coefficient (Wildman–Crippen LogP) is 2.91. The van der Waals surface area contributed by atoms with Crippen LogP contribution in [0.1, 0.15) is 40.2 Å². The van der Waals surface area contributed by atoms with Gasteiger partial charge in [0.25, 0.3) is 0 Å². The van der Waals surface area contributed by atoms with Crippen LogP contribution in [-0.2, 0) is 16.6 Å². The van der Waals surface area contributed by atoms with Gasteiger partial charge >= 0.3 is 0 Å². The largest absolute Gasteiger partial charge is 0.310 e. The lowest BCUT2D eigenvalue weighted by molar-refractivity contribution is 0.491. The van der Waals surface area contributed by atoms with Gasteiger partial charge in [-0.25, -0.2) is 13.1 Å². The van der Waals surface area contributed by atoms with Crippen molar-refractivity contribution in [2.45, 2.75) is 57.6 Å². The molecule has 0 aliphatic carbocycles. The van der Waals surface area contributed by atoms with Gasteiger partial charge < -0.3 is 5.32 Å². The summed E-state index contributed by atoms with van der Waals surface area (Å²) in [6.45, 7) is 10.0. The SMILES string of the molecule is CC(C)NCc1cc(S(=O)(=O)NC(C)(C)C)ccc1Cl. The summed E-state index contributed by atoms with van der Waals surface area (Å²) in [6.07, 6.45) is 0. The van der Waals surface area contributed by atoms with Crippen LogP contribution in [0.3, 0.4) is 0 Å². The molecule has 0 saturated heterocycles. The molecule has 0 fully saturated rings. The van der Waals surface area contributed by atoms with Gasteiger partial charge in [0.05, 0.1) is 4.90 Å². The van der Waals surface area contributed by atoms with Crippen molar-refractivity contribution in [1.29, 1.82) is 0 Å². The van der Waals surface area contributed by atoms with Crippen LogP contribution in [0.15, 0.2) is 23.1 Å². The maximum absolute atomic E-state index is 12.3. The second kappa shape index (κ2) is 6.43. The molecular weight excluding hydrogens is 296 g/mol. The van der Waals surface area contributed by atoms with E-state index in [1.54, 1.807) is 12.1 Å². The van der Waals surface area contributed by atoms with E-state index >= 15 is 0 Å². The zero-order chi connectivity index (χ0) is 15.6. The van der Waals surface area contributed by atoms with Crippen LogP contribution in [0.2, 0.25) is 5.02 Å². The lowest BCUT2D eigenvalue weighted by Crippen LogP contribution is -2.40. The van der Waals surface area contributed by atoms with E-state index in [0.29, 0.717) is 17.6 Å². The fourth-order valence-corrected chi connectivity index (χ4v) is 3.28. The molecule has 1 aromatic rings. The van der Waals surface area contributed by atoms with E-state index < -0.39 is 15.6 Å². The minimum Gasteiger partial charge on any atom is -0.310 e. The Morgan fingerprint density at radius 1 is 1.25 bits per heavy atom. The number of rotatable bonds is 5. The average Bonchev–Trinajstić information content (AvgIpc) is 2.24. The Morgan fingerprint density at radius 2 is 1.85 bits per heavy atom. The van der Waals surface area contributed by atoms with Gasteiger partial charge in [0, 0.05) is 23.1 Å². The molecule has 0 bridgehead atoms. The van der Waals surface area contributed by atoms with Crippen molar-refractivity contribution >= 4 is 21.6 Å². The number of nitrogens with one attached hydrogen (secondary N) is 2. The molecule has 4 nitrogen and oxygen atoms in total. The Bertz CT molecular complexity index is 563. The molecule has 0 spiro atoms. The highest BCUT2D eigenvalue weighted by Crippen LogP contribution is 2.21. The molecule has 0 amide bonds. The van der Waals surface area contributed by atoms with Crippen molar-refractivity contribution in [3.05, 3.63) is 28.8 Å². The van der Waals surface area contributed by atoms with Gasteiger partial charge in [-0.2, -0.15) is 0 Å². The Morgan fingerprint density at radius 3 is 2.35 bits per heavy atom. The second-order valence-electron chi connectivity index (χ2n) is 6.14. The highest BCUT2D eigenvalue weighted by molar-refractivity contribution is 7.89. The molecule has 20 heavy (non-hydrogen) atoms. The highest BCUT2D eigenvalue weighted by Gasteiger charge is 2.22. The molecule has 1 rings (SSSR count). The standard InChI is InChI=1S/C14H23ClN2O2S/c1-10(2)16-9-11-8-12(6-7-13(11)15)20(18,19)17-14(3,4)5/h6-8,10,16-17H,9H2,1-5H3. The van der Waals surface area contributed by atoms with Crippen LogP contribution in [-0.4, -0.2) is 20.0 Å². The molecular formula is C14H23ClN2O2S.